The number of nitrogens with zero attached hydrogens (tertiary/aromatic N) is 6. The molecule has 0 saturated heterocycles. The second kappa shape index (κ2) is 5.12. The smallest absolute Gasteiger partial charge is 0.164 e. The molecule has 138 valence electrons. The Hall–Kier alpha value is -2.37. The largest absolute Gasteiger partial charge is 0.196 e. The van der Waals surface area contributed by atoms with Gasteiger partial charge in [-0.3, -0.25) is 0 Å². The van der Waals surface area contributed by atoms with E-state index < -0.39 is 0 Å². The Balaban J connectivity index is 1.74. The summed E-state index contributed by atoms with van der Waals surface area (Å²) in [5, 5.41) is 15.3. The second-order valence-electron chi connectivity index (χ2n) is 8.60. The molecule has 27 heavy (non-hydrogen) atoms. The first-order chi connectivity index (χ1) is 13.4. The summed E-state index contributed by atoms with van der Waals surface area (Å²) in [4.78, 5) is 0. The predicted molar refractivity (Wildman–Crippen MR) is 103 cm³/mol. The molecule has 0 aromatic carbocycles. The molecule has 0 unspecified atom stereocenters. The normalized spacial score (nSPS) is 19.6. The lowest BCUT2D eigenvalue weighted by Crippen LogP contribution is -2.08. The summed E-state index contributed by atoms with van der Waals surface area (Å²) in [6, 6.07) is 0. The van der Waals surface area contributed by atoms with Gasteiger partial charge in [0.15, 0.2) is 16.9 Å². The van der Waals surface area contributed by atoms with Crippen LogP contribution in [0.4, 0.5) is 0 Å². The summed E-state index contributed by atoms with van der Waals surface area (Å²) in [6.07, 6.45) is 14.2. The highest BCUT2D eigenvalue weighted by molar-refractivity contribution is 5.70. The van der Waals surface area contributed by atoms with E-state index in [0.29, 0.717) is 0 Å². The van der Waals surface area contributed by atoms with Gasteiger partial charge < -0.3 is 0 Å². The first kappa shape index (κ1) is 14.7. The molecule has 0 atom stereocenters. The SMILES string of the molecule is C1CCc2c(nn3c2n2nc4c(c2n2nc5c(c32)CCCC5)CCCC4)C1. The van der Waals surface area contributed by atoms with E-state index in [9.17, 15) is 0 Å². The molecule has 4 aromatic rings. The van der Waals surface area contributed by atoms with Crippen LogP contribution in [0.25, 0.3) is 16.9 Å². The summed E-state index contributed by atoms with van der Waals surface area (Å²) in [5.41, 5.74) is 11.8. The molecule has 0 saturated carbocycles. The van der Waals surface area contributed by atoms with E-state index in [2.05, 4.69) is 13.5 Å². The third-order valence-corrected chi connectivity index (χ3v) is 6.99. The van der Waals surface area contributed by atoms with Gasteiger partial charge in [0.05, 0.1) is 17.1 Å². The fourth-order valence-corrected chi connectivity index (χ4v) is 5.71. The maximum absolute atomic E-state index is 5.11. The van der Waals surface area contributed by atoms with Crippen molar-refractivity contribution in [1.29, 1.82) is 0 Å². The topological polar surface area (TPSA) is 51.9 Å². The number of aromatic nitrogens is 6. The minimum atomic E-state index is 1.10. The Morgan fingerprint density at radius 2 is 0.704 bits per heavy atom. The molecule has 3 aliphatic carbocycles. The van der Waals surface area contributed by atoms with Crippen LogP contribution in [0.2, 0.25) is 0 Å². The van der Waals surface area contributed by atoms with Crippen LogP contribution in [0.3, 0.4) is 0 Å². The third kappa shape index (κ3) is 1.79. The zero-order chi connectivity index (χ0) is 17.5. The Bertz CT molecular complexity index is 1050. The predicted octanol–water partition coefficient (Wildman–Crippen LogP) is 3.27. The second-order valence-corrected chi connectivity index (χ2v) is 8.60. The molecule has 7 rings (SSSR count). The van der Waals surface area contributed by atoms with Crippen LogP contribution in [0.5, 0.6) is 0 Å². The van der Waals surface area contributed by atoms with Crippen molar-refractivity contribution >= 4 is 16.9 Å². The van der Waals surface area contributed by atoms with Crippen LogP contribution >= 0.6 is 0 Å². The summed E-state index contributed by atoms with van der Waals surface area (Å²) >= 11 is 0. The van der Waals surface area contributed by atoms with E-state index in [0.717, 1.165) is 38.5 Å². The maximum Gasteiger partial charge on any atom is 0.164 e. The molecular weight excluding hydrogens is 336 g/mol. The molecule has 4 aromatic heterocycles. The van der Waals surface area contributed by atoms with Gasteiger partial charge in [0.2, 0.25) is 0 Å². The van der Waals surface area contributed by atoms with Gasteiger partial charge in [-0.25, -0.2) is 0 Å². The first-order valence-electron chi connectivity index (χ1n) is 10.7. The van der Waals surface area contributed by atoms with Crippen LogP contribution < -0.4 is 0 Å². The highest BCUT2D eigenvalue weighted by Gasteiger charge is 2.29. The number of fused-ring (bicyclic) bond motifs is 12. The van der Waals surface area contributed by atoms with Crippen molar-refractivity contribution in [2.45, 2.75) is 77.0 Å². The van der Waals surface area contributed by atoms with E-state index in [1.807, 2.05) is 0 Å². The van der Waals surface area contributed by atoms with Gasteiger partial charge >= 0.3 is 0 Å². The van der Waals surface area contributed by atoms with Gasteiger partial charge in [0, 0.05) is 16.7 Å². The Morgan fingerprint density at radius 1 is 0.407 bits per heavy atom. The van der Waals surface area contributed by atoms with Crippen LogP contribution in [0.15, 0.2) is 0 Å². The van der Waals surface area contributed by atoms with Crippen LogP contribution in [-0.4, -0.2) is 28.8 Å². The molecule has 0 spiro atoms. The molecule has 0 fully saturated rings. The first-order valence-corrected chi connectivity index (χ1v) is 10.7. The molecule has 0 amide bonds. The summed E-state index contributed by atoms with van der Waals surface area (Å²) < 4.78 is 6.62. The highest BCUT2D eigenvalue weighted by Crippen LogP contribution is 2.34. The van der Waals surface area contributed by atoms with Gasteiger partial charge in [-0.15, -0.1) is 0 Å². The van der Waals surface area contributed by atoms with Gasteiger partial charge in [-0.1, -0.05) is 0 Å². The molecule has 0 N–H and O–H groups in total. The maximum atomic E-state index is 5.11. The lowest BCUT2D eigenvalue weighted by atomic mass is 9.97. The summed E-state index contributed by atoms with van der Waals surface area (Å²) in [6.45, 7) is 0. The molecule has 0 bridgehead atoms. The molecule has 6 nitrogen and oxygen atoms in total. The van der Waals surface area contributed by atoms with Crippen molar-refractivity contribution in [3.63, 3.8) is 0 Å². The Kier molecular flexibility index (Phi) is 2.78. The molecule has 3 aliphatic rings. The van der Waals surface area contributed by atoms with Gasteiger partial charge in [0.25, 0.3) is 0 Å². The molecule has 6 heteroatoms. The third-order valence-electron chi connectivity index (χ3n) is 6.99. The number of hydrogen-bond acceptors (Lipinski definition) is 3. The van der Waals surface area contributed by atoms with E-state index in [4.69, 9.17) is 15.3 Å². The van der Waals surface area contributed by atoms with Crippen molar-refractivity contribution in [3.8, 4) is 0 Å². The number of rotatable bonds is 0. The van der Waals surface area contributed by atoms with E-state index in [1.54, 1.807) is 0 Å². The van der Waals surface area contributed by atoms with Crippen molar-refractivity contribution in [3.05, 3.63) is 33.8 Å². The van der Waals surface area contributed by atoms with Gasteiger partial charge in [-0.2, -0.15) is 28.8 Å². The van der Waals surface area contributed by atoms with Crippen molar-refractivity contribution in [2.75, 3.05) is 0 Å². The van der Waals surface area contributed by atoms with E-state index >= 15 is 0 Å². The zero-order valence-corrected chi connectivity index (χ0v) is 15.7. The average Bonchev–Trinajstić information content (AvgIpc) is 3.38. The lowest BCUT2D eigenvalue weighted by molar-refractivity contribution is 0.671. The monoisotopic (exact) mass is 360 g/mol. The van der Waals surface area contributed by atoms with E-state index in [1.165, 1.54) is 89.2 Å². The van der Waals surface area contributed by atoms with Crippen LogP contribution in [0.1, 0.15) is 72.3 Å². The van der Waals surface area contributed by atoms with Crippen molar-refractivity contribution in [1.82, 2.24) is 28.8 Å². The quantitative estimate of drug-likeness (QED) is 0.484. The van der Waals surface area contributed by atoms with Crippen molar-refractivity contribution < 1.29 is 0 Å². The summed E-state index contributed by atoms with van der Waals surface area (Å²) in [7, 11) is 0. The Morgan fingerprint density at radius 3 is 1.04 bits per heavy atom. The van der Waals surface area contributed by atoms with Gasteiger partial charge in [-0.05, 0) is 77.0 Å². The molecule has 0 radical (unpaired) electrons. The standard InChI is InChI=1S/C21H24N6/c1-4-10-16-13(7-1)19-25(22-16)20-15-9-3-6-12-18(15)24-27(20)21-14-8-2-5-11-17(14)23-26(19)21/h1-12H2. The number of aryl methyl sites for hydroxylation is 6. The highest BCUT2D eigenvalue weighted by atomic mass is 15.4. The summed E-state index contributed by atoms with van der Waals surface area (Å²) in [5.74, 6) is 0. The van der Waals surface area contributed by atoms with Crippen LogP contribution in [-0.2, 0) is 38.5 Å². The number of hydrogen-bond donors (Lipinski definition) is 0. The fraction of sp³-hybridized carbons (Fsp3) is 0.571. The van der Waals surface area contributed by atoms with Gasteiger partial charge in [0.1, 0.15) is 0 Å². The lowest BCUT2D eigenvalue weighted by Gasteiger charge is -2.11. The molecular formula is C21H24N6. The Labute approximate surface area is 157 Å². The molecule has 4 heterocycles. The van der Waals surface area contributed by atoms with E-state index in [-0.39, 0.29) is 0 Å². The zero-order valence-electron chi connectivity index (χ0n) is 15.7. The minimum absolute atomic E-state index is 1.10. The average molecular weight is 360 g/mol. The van der Waals surface area contributed by atoms with Crippen molar-refractivity contribution in [2.24, 2.45) is 0 Å². The molecule has 0 aliphatic heterocycles. The fourth-order valence-electron chi connectivity index (χ4n) is 5.71. The van der Waals surface area contributed by atoms with Crippen LogP contribution in [0, 0.1) is 0 Å². The minimum Gasteiger partial charge on any atom is -0.196 e.